The number of aryl methyl sites for hydroxylation is 1. The molecule has 1 N–H and O–H groups in total. The molecular weight excluding hydrogens is 206 g/mol. The molecule has 0 aliphatic carbocycles. The van der Waals surface area contributed by atoms with Crippen molar-refractivity contribution < 1.29 is 14.1 Å². The molecule has 7 heteroatoms. The second kappa shape index (κ2) is 4.32. The molecule has 1 aromatic heterocycles. The van der Waals surface area contributed by atoms with Crippen molar-refractivity contribution >= 4 is 16.8 Å². The lowest BCUT2D eigenvalue weighted by Crippen LogP contribution is -2.23. The molecule has 78 valence electrons. The zero-order valence-electron chi connectivity index (χ0n) is 7.88. The van der Waals surface area contributed by atoms with Crippen molar-refractivity contribution in [3.8, 4) is 0 Å². The molecule has 2 unspecified atom stereocenters. The van der Waals surface area contributed by atoms with E-state index >= 15 is 0 Å². The van der Waals surface area contributed by atoms with Gasteiger partial charge in [-0.3, -0.25) is 13.7 Å². The quantitative estimate of drug-likeness (QED) is 0.737. The van der Waals surface area contributed by atoms with Gasteiger partial charge >= 0.3 is 5.97 Å². The van der Waals surface area contributed by atoms with E-state index in [2.05, 4.69) is 10.1 Å². The zero-order chi connectivity index (χ0) is 10.7. The van der Waals surface area contributed by atoms with Crippen LogP contribution in [0.1, 0.15) is 12.7 Å². The molecule has 0 fully saturated rings. The molecule has 0 bridgehead atoms. The Kier molecular flexibility index (Phi) is 3.34. The molecule has 0 saturated carbocycles. The number of hydrogen-bond donors (Lipinski definition) is 1. The molecule has 0 radical (unpaired) electrons. The van der Waals surface area contributed by atoms with E-state index in [0.717, 1.165) is 0 Å². The van der Waals surface area contributed by atoms with Crippen molar-refractivity contribution in [1.82, 2.24) is 14.8 Å². The molecular formula is C7H11N3O3S. The first-order valence-corrected chi connectivity index (χ1v) is 5.33. The van der Waals surface area contributed by atoms with Gasteiger partial charge in [0.1, 0.15) is 17.4 Å². The summed E-state index contributed by atoms with van der Waals surface area (Å²) < 4.78 is 12.9. The Morgan fingerprint density at radius 3 is 2.86 bits per heavy atom. The first-order chi connectivity index (χ1) is 6.52. The monoisotopic (exact) mass is 217 g/mol. The van der Waals surface area contributed by atoms with E-state index < -0.39 is 22.0 Å². The first kappa shape index (κ1) is 10.8. The van der Waals surface area contributed by atoms with Crippen LogP contribution in [0.5, 0.6) is 0 Å². The topological polar surface area (TPSA) is 85.1 Å². The van der Waals surface area contributed by atoms with Gasteiger partial charge in [-0.05, 0) is 6.92 Å². The fourth-order valence-corrected chi connectivity index (χ4v) is 1.81. The summed E-state index contributed by atoms with van der Waals surface area (Å²) in [6.07, 6.45) is 1.35. The molecule has 0 aliphatic heterocycles. The zero-order valence-corrected chi connectivity index (χ0v) is 8.69. The van der Waals surface area contributed by atoms with E-state index in [1.54, 1.807) is 7.05 Å². The Bertz CT molecular complexity index is 363. The molecule has 1 rings (SSSR count). The van der Waals surface area contributed by atoms with Gasteiger partial charge in [-0.25, -0.2) is 4.98 Å². The number of carboxylic acid groups (broad SMARTS) is 1. The lowest BCUT2D eigenvalue weighted by molar-refractivity contribution is -0.136. The summed E-state index contributed by atoms with van der Waals surface area (Å²) in [5.74, 6) is -0.425. The summed E-state index contributed by atoms with van der Waals surface area (Å²) in [5, 5.41) is 11.5. The Labute approximate surface area is 83.4 Å². The Morgan fingerprint density at radius 1 is 1.79 bits per heavy atom. The lowest BCUT2D eigenvalue weighted by Gasteiger charge is -2.05. The normalized spacial score (nSPS) is 15.0. The number of hydrogen-bond acceptors (Lipinski definition) is 4. The Hall–Kier alpha value is -1.24. The lowest BCUT2D eigenvalue weighted by atomic mass is 10.5. The minimum absolute atomic E-state index is 0.115. The third kappa shape index (κ3) is 2.38. The molecule has 1 aromatic rings. The predicted octanol–water partition coefficient (Wildman–Crippen LogP) is -0.463. The third-order valence-corrected chi connectivity index (χ3v) is 3.35. The van der Waals surface area contributed by atoms with Crippen LogP contribution in [-0.4, -0.2) is 35.3 Å². The Morgan fingerprint density at radius 2 is 2.43 bits per heavy atom. The third-order valence-electron chi connectivity index (χ3n) is 1.82. The van der Waals surface area contributed by atoms with Gasteiger partial charge in [0, 0.05) is 17.8 Å². The van der Waals surface area contributed by atoms with E-state index in [1.165, 1.54) is 17.9 Å². The summed E-state index contributed by atoms with van der Waals surface area (Å²) in [7, 11) is 0.214. The van der Waals surface area contributed by atoms with E-state index in [0.29, 0.717) is 5.82 Å². The fraction of sp³-hybridized carbons (Fsp3) is 0.571. The van der Waals surface area contributed by atoms with Crippen molar-refractivity contribution in [2.45, 2.75) is 17.9 Å². The Balaban J connectivity index is 2.66. The summed E-state index contributed by atoms with van der Waals surface area (Å²) >= 11 is 0. The van der Waals surface area contributed by atoms with Crippen molar-refractivity contribution in [1.29, 1.82) is 0 Å². The van der Waals surface area contributed by atoms with Gasteiger partial charge in [0.05, 0.1) is 5.75 Å². The maximum atomic E-state index is 11.5. The highest BCUT2D eigenvalue weighted by Gasteiger charge is 2.20. The number of carboxylic acids is 1. The first-order valence-electron chi connectivity index (χ1n) is 3.95. The summed E-state index contributed by atoms with van der Waals surface area (Å²) in [6.45, 7) is 1.41. The number of aliphatic carboxylic acids is 1. The van der Waals surface area contributed by atoms with Gasteiger partial charge < -0.3 is 5.11 Å². The van der Waals surface area contributed by atoms with Crippen LogP contribution in [0.2, 0.25) is 0 Å². The van der Waals surface area contributed by atoms with Gasteiger partial charge in [-0.15, -0.1) is 0 Å². The largest absolute Gasteiger partial charge is 0.480 e. The average molecular weight is 217 g/mol. The molecule has 0 spiro atoms. The van der Waals surface area contributed by atoms with Crippen LogP contribution < -0.4 is 0 Å². The molecule has 0 aromatic carbocycles. The van der Waals surface area contributed by atoms with Crippen LogP contribution in [0, 0.1) is 0 Å². The van der Waals surface area contributed by atoms with E-state index in [4.69, 9.17) is 5.11 Å². The van der Waals surface area contributed by atoms with Crippen LogP contribution in [0.3, 0.4) is 0 Å². The predicted molar refractivity (Wildman–Crippen MR) is 49.9 cm³/mol. The van der Waals surface area contributed by atoms with E-state index in [1.807, 2.05) is 0 Å². The molecule has 14 heavy (non-hydrogen) atoms. The van der Waals surface area contributed by atoms with Crippen LogP contribution >= 0.6 is 0 Å². The van der Waals surface area contributed by atoms with Crippen LogP contribution in [0.4, 0.5) is 0 Å². The average Bonchev–Trinajstić information content (AvgIpc) is 2.50. The minimum Gasteiger partial charge on any atom is -0.480 e. The van der Waals surface area contributed by atoms with Crippen LogP contribution in [-0.2, 0) is 28.4 Å². The standard InChI is InChI=1S/C7H11N3O3S/c1-5(7(11)12)14(13)3-6-8-4-9-10(6)2/h4-5H,3H2,1-2H3,(H,11,12). The van der Waals surface area contributed by atoms with Crippen molar-refractivity contribution in [2.24, 2.45) is 7.05 Å². The second-order valence-corrected chi connectivity index (χ2v) is 4.56. The molecule has 0 saturated heterocycles. The summed E-state index contributed by atoms with van der Waals surface area (Å²) in [6, 6.07) is 0. The summed E-state index contributed by atoms with van der Waals surface area (Å²) in [4.78, 5) is 14.4. The molecule has 1 heterocycles. The number of carbonyl (C=O) groups is 1. The van der Waals surface area contributed by atoms with Crippen LogP contribution in [0.15, 0.2) is 6.33 Å². The maximum absolute atomic E-state index is 11.5. The van der Waals surface area contributed by atoms with Gasteiger partial charge in [-0.1, -0.05) is 0 Å². The van der Waals surface area contributed by atoms with E-state index in [-0.39, 0.29) is 5.75 Å². The van der Waals surface area contributed by atoms with Crippen molar-refractivity contribution in [2.75, 3.05) is 0 Å². The maximum Gasteiger partial charge on any atom is 0.318 e. The highest BCUT2D eigenvalue weighted by atomic mass is 32.2. The van der Waals surface area contributed by atoms with E-state index in [9.17, 15) is 9.00 Å². The molecule has 0 amide bonds. The minimum atomic E-state index is -1.46. The molecule has 6 nitrogen and oxygen atoms in total. The smallest absolute Gasteiger partial charge is 0.318 e. The SMILES string of the molecule is CC(C(=O)O)S(=O)Cc1ncnn1C. The summed E-state index contributed by atoms with van der Waals surface area (Å²) in [5.41, 5.74) is 0. The highest BCUT2D eigenvalue weighted by Crippen LogP contribution is 2.03. The van der Waals surface area contributed by atoms with Gasteiger partial charge in [0.2, 0.25) is 0 Å². The fourth-order valence-electron chi connectivity index (χ4n) is 0.815. The number of rotatable bonds is 4. The second-order valence-electron chi connectivity index (χ2n) is 2.81. The molecule has 2 atom stereocenters. The van der Waals surface area contributed by atoms with Gasteiger partial charge in [0.25, 0.3) is 0 Å². The van der Waals surface area contributed by atoms with Gasteiger partial charge in [0.15, 0.2) is 0 Å². The van der Waals surface area contributed by atoms with Crippen molar-refractivity contribution in [3.63, 3.8) is 0 Å². The number of aromatic nitrogens is 3. The van der Waals surface area contributed by atoms with Gasteiger partial charge in [-0.2, -0.15) is 5.10 Å². The molecule has 0 aliphatic rings. The van der Waals surface area contributed by atoms with Crippen molar-refractivity contribution in [3.05, 3.63) is 12.2 Å². The van der Waals surface area contributed by atoms with Crippen LogP contribution in [0.25, 0.3) is 0 Å². The highest BCUT2D eigenvalue weighted by molar-refractivity contribution is 7.85. The number of nitrogens with zero attached hydrogens (tertiary/aromatic N) is 3.